The summed E-state index contributed by atoms with van der Waals surface area (Å²) in [5.74, 6) is 2.21. The van der Waals surface area contributed by atoms with Gasteiger partial charge in [0.05, 0.1) is 30.4 Å². The molecule has 4 rings (SSSR count). The molecule has 0 aliphatic rings. The Morgan fingerprint density at radius 2 is 1.77 bits per heavy atom. The molecular formula is C21H21N3O2. The van der Waals surface area contributed by atoms with Gasteiger partial charge >= 0.3 is 0 Å². The lowest BCUT2D eigenvalue weighted by Gasteiger charge is -2.21. The molecule has 2 aromatic heterocycles. The number of fused-ring (bicyclic) bond motifs is 1. The van der Waals surface area contributed by atoms with Crippen LogP contribution in [0, 0.1) is 0 Å². The number of benzene rings is 2. The van der Waals surface area contributed by atoms with Crippen LogP contribution >= 0.6 is 0 Å². The molecule has 0 saturated carbocycles. The zero-order chi connectivity index (χ0) is 17.9. The third kappa shape index (κ3) is 3.48. The Hall–Kier alpha value is -3.05. The highest BCUT2D eigenvalue weighted by Crippen LogP contribution is 2.19. The molecule has 0 amide bonds. The summed E-state index contributed by atoms with van der Waals surface area (Å²) in [6.45, 7) is 2.13. The molecule has 26 heavy (non-hydrogen) atoms. The molecule has 1 N–H and O–H groups in total. The van der Waals surface area contributed by atoms with Gasteiger partial charge in [-0.3, -0.25) is 4.90 Å². The van der Waals surface area contributed by atoms with E-state index in [1.165, 1.54) is 0 Å². The van der Waals surface area contributed by atoms with Crippen molar-refractivity contribution in [3.8, 4) is 5.75 Å². The fourth-order valence-corrected chi connectivity index (χ4v) is 3.19. The number of para-hydroxylation sites is 2. The molecule has 0 aliphatic carbocycles. The Kier molecular flexibility index (Phi) is 4.46. The molecule has 0 atom stereocenters. The fraction of sp³-hybridized carbons (Fsp3) is 0.190. The first kappa shape index (κ1) is 16.4. The van der Waals surface area contributed by atoms with Crippen LogP contribution in [0.15, 0.2) is 71.3 Å². The summed E-state index contributed by atoms with van der Waals surface area (Å²) in [6.07, 6.45) is 1.70. The van der Waals surface area contributed by atoms with Crippen LogP contribution in [0.5, 0.6) is 5.75 Å². The van der Waals surface area contributed by atoms with Crippen LogP contribution in [0.4, 0.5) is 0 Å². The lowest BCUT2D eigenvalue weighted by atomic mass is 10.2. The zero-order valence-electron chi connectivity index (χ0n) is 14.7. The second kappa shape index (κ2) is 7.06. The highest BCUT2D eigenvalue weighted by Gasteiger charge is 2.14. The second-order valence-electron chi connectivity index (χ2n) is 6.47. The number of aromatic nitrogens is 2. The summed E-state index contributed by atoms with van der Waals surface area (Å²) >= 11 is 0. The van der Waals surface area contributed by atoms with Gasteiger partial charge in [-0.15, -0.1) is 0 Å². The van der Waals surface area contributed by atoms with Crippen molar-refractivity contribution in [3.63, 3.8) is 0 Å². The predicted octanol–water partition coefficient (Wildman–Crippen LogP) is 4.07. The van der Waals surface area contributed by atoms with E-state index < -0.39 is 0 Å². The Bertz CT molecular complexity index is 988. The number of phenolic OH excluding ortho intramolecular Hbond substituents is 1. The number of aromatic hydroxyl groups is 1. The van der Waals surface area contributed by atoms with Crippen molar-refractivity contribution in [3.05, 3.63) is 84.1 Å². The topological polar surface area (TPSA) is 54.4 Å². The molecule has 132 valence electrons. The molecule has 4 aromatic rings. The molecule has 0 unspecified atom stereocenters. The van der Waals surface area contributed by atoms with Gasteiger partial charge in [0.2, 0.25) is 0 Å². The SMILES string of the molecule is Cn1c(CN(Cc2ccc(O)cc2)Cc2ccco2)nc2ccccc21. The quantitative estimate of drug-likeness (QED) is 0.571. The van der Waals surface area contributed by atoms with Crippen LogP contribution in [0.1, 0.15) is 17.1 Å². The maximum Gasteiger partial charge on any atom is 0.123 e. The van der Waals surface area contributed by atoms with Crippen molar-refractivity contribution in [2.75, 3.05) is 0 Å². The van der Waals surface area contributed by atoms with Crippen LogP contribution in [0.2, 0.25) is 0 Å². The smallest absolute Gasteiger partial charge is 0.123 e. The van der Waals surface area contributed by atoms with Crippen LogP contribution in [0.25, 0.3) is 11.0 Å². The summed E-state index contributed by atoms with van der Waals surface area (Å²) in [4.78, 5) is 7.07. The van der Waals surface area contributed by atoms with E-state index in [9.17, 15) is 5.11 Å². The third-order valence-electron chi connectivity index (χ3n) is 4.55. The summed E-state index contributed by atoms with van der Waals surface area (Å²) < 4.78 is 7.68. The molecule has 0 saturated heterocycles. The summed E-state index contributed by atoms with van der Waals surface area (Å²) in [7, 11) is 2.05. The minimum atomic E-state index is 0.279. The van der Waals surface area contributed by atoms with E-state index in [4.69, 9.17) is 9.40 Å². The van der Waals surface area contributed by atoms with Crippen LogP contribution < -0.4 is 0 Å². The first-order valence-electron chi connectivity index (χ1n) is 8.62. The van der Waals surface area contributed by atoms with Gasteiger partial charge in [-0.25, -0.2) is 4.98 Å². The average molecular weight is 347 g/mol. The molecule has 2 heterocycles. The molecule has 5 nitrogen and oxygen atoms in total. The van der Waals surface area contributed by atoms with Gasteiger partial charge in [0.25, 0.3) is 0 Å². The van der Waals surface area contributed by atoms with Crippen molar-refractivity contribution in [2.45, 2.75) is 19.6 Å². The standard InChI is InChI=1S/C21H21N3O2/c1-23-20-7-3-2-6-19(20)22-21(23)15-24(14-18-5-4-12-26-18)13-16-8-10-17(25)11-9-16/h2-12,25H,13-15H2,1H3. The first-order valence-corrected chi connectivity index (χ1v) is 8.62. The maximum atomic E-state index is 9.51. The Morgan fingerprint density at radius 3 is 2.50 bits per heavy atom. The monoisotopic (exact) mass is 347 g/mol. The van der Waals surface area contributed by atoms with Crippen molar-refractivity contribution >= 4 is 11.0 Å². The van der Waals surface area contributed by atoms with Gasteiger partial charge in [0, 0.05) is 13.6 Å². The average Bonchev–Trinajstić information content (AvgIpc) is 3.26. The van der Waals surface area contributed by atoms with E-state index in [0.29, 0.717) is 13.1 Å². The van der Waals surface area contributed by atoms with Crippen LogP contribution in [-0.2, 0) is 26.7 Å². The molecule has 0 spiro atoms. The number of phenols is 1. The molecular weight excluding hydrogens is 326 g/mol. The number of nitrogens with zero attached hydrogens (tertiary/aromatic N) is 3. The summed E-state index contributed by atoms with van der Waals surface area (Å²) in [5.41, 5.74) is 3.27. The highest BCUT2D eigenvalue weighted by atomic mass is 16.3. The molecule has 0 aliphatic heterocycles. The third-order valence-corrected chi connectivity index (χ3v) is 4.55. The minimum Gasteiger partial charge on any atom is -0.508 e. The Labute approximate surface area is 152 Å². The summed E-state index contributed by atoms with van der Waals surface area (Å²) in [6, 6.07) is 19.4. The van der Waals surface area contributed by atoms with E-state index >= 15 is 0 Å². The lowest BCUT2D eigenvalue weighted by molar-refractivity contribution is 0.219. The van der Waals surface area contributed by atoms with E-state index in [1.807, 2.05) is 42.5 Å². The Balaban J connectivity index is 1.60. The number of furan rings is 1. The van der Waals surface area contributed by atoms with Crippen molar-refractivity contribution in [1.82, 2.24) is 14.5 Å². The normalized spacial score (nSPS) is 11.5. The largest absolute Gasteiger partial charge is 0.508 e. The number of imidazole rings is 1. The minimum absolute atomic E-state index is 0.279. The van der Waals surface area contributed by atoms with Crippen molar-refractivity contribution < 1.29 is 9.52 Å². The lowest BCUT2D eigenvalue weighted by Crippen LogP contribution is -2.23. The molecule has 0 bridgehead atoms. The van der Waals surface area contributed by atoms with Gasteiger partial charge in [-0.1, -0.05) is 24.3 Å². The number of rotatable bonds is 6. The molecule has 2 aromatic carbocycles. The van der Waals surface area contributed by atoms with Gasteiger partial charge in [0.15, 0.2) is 0 Å². The maximum absolute atomic E-state index is 9.51. The predicted molar refractivity (Wildman–Crippen MR) is 100 cm³/mol. The van der Waals surface area contributed by atoms with Gasteiger partial charge in [-0.2, -0.15) is 0 Å². The van der Waals surface area contributed by atoms with Gasteiger partial charge < -0.3 is 14.1 Å². The number of hydrogen-bond acceptors (Lipinski definition) is 4. The van der Waals surface area contributed by atoms with E-state index in [-0.39, 0.29) is 5.75 Å². The summed E-state index contributed by atoms with van der Waals surface area (Å²) in [5, 5.41) is 9.51. The van der Waals surface area contributed by atoms with Crippen LogP contribution in [-0.4, -0.2) is 19.6 Å². The first-order chi connectivity index (χ1) is 12.7. The fourth-order valence-electron chi connectivity index (χ4n) is 3.19. The Morgan fingerprint density at radius 1 is 0.962 bits per heavy atom. The van der Waals surface area contributed by atoms with Crippen molar-refractivity contribution in [1.29, 1.82) is 0 Å². The number of hydrogen-bond donors (Lipinski definition) is 1. The van der Waals surface area contributed by atoms with Crippen LogP contribution in [0.3, 0.4) is 0 Å². The number of aryl methyl sites for hydroxylation is 1. The molecule has 0 radical (unpaired) electrons. The molecule has 0 fully saturated rings. The highest BCUT2D eigenvalue weighted by molar-refractivity contribution is 5.75. The molecule has 5 heteroatoms. The second-order valence-corrected chi connectivity index (χ2v) is 6.47. The van der Waals surface area contributed by atoms with Gasteiger partial charge in [0.1, 0.15) is 17.3 Å². The van der Waals surface area contributed by atoms with Crippen molar-refractivity contribution in [2.24, 2.45) is 7.05 Å². The van der Waals surface area contributed by atoms with E-state index in [0.717, 1.165) is 34.7 Å². The van der Waals surface area contributed by atoms with E-state index in [2.05, 4.69) is 22.6 Å². The van der Waals surface area contributed by atoms with E-state index in [1.54, 1.807) is 18.4 Å². The zero-order valence-corrected chi connectivity index (χ0v) is 14.7. The van der Waals surface area contributed by atoms with Gasteiger partial charge in [-0.05, 0) is 42.0 Å².